The second kappa shape index (κ2) is 11.6. The van der Waals surface area contributed by atoms with Crippen LogP contribution in [0.15, 0.2) is 17.6 Å². The molecule has 13 atom stereocenters. The van der Waals surface area contributed by atoms with E-state index in [0.29, 0.717) is 0 Å². The number of amides is 1. The van der Waals surface area contributed by atoms with Crippen LogP contribution in [0.4, 0.5) is 10.2 Å². The molecule has 0 radical (unpaired) electrons. The lowest BCUT2D eigenvalue weighted by Crippen LogP contribution is -2.70. The molecular weight excluding hydrogens is 685 g/mol. The molecule has 1 amide bonds. The van der Waals surface area contributed by atoms with Crippen LogP contribution in [-0.2, 0) is 48.7 Å². The number of carbonyl (C=O) groups excluding carboxylic acids is 1. The number of aliphatic hydroxyl groups is 1. The Hall–Kier alpha value is -1.95. The molecule has 246 valence electrons. The van der Waals surface area contributed by atoms with E-state index >= 15 is 4.39 Å². The topological polar surface area (TPSA) is 265 Å². The first-order chi connectivity index (χ1) is 21.3. The summed E-state index contributed by atoms with van der Waals surface area (Å²) < 4.78 is 64.9. The normalized spacial score (nSPS) is 45.4. The lowest BCUT2D eigenvalue weighted by Gasteiger charge is -2.39. The Balaban J connectivity index is 1.16. The van der Waals surface area contributed by atoms with Crippen LogP contribution in [0.2, 0.25) is 0 Å². The first-order valence-electron chi connectivity index (χ1n) is 13.3. The number of carbonyl (C=O) groups is 1. The van der Waals surface area contributed by atoms with Gasteiger partial charge in [0.05, 0.1) is 25.9 Å². The van der Waals surface area contributed by atoms with E-state index in [9.17, 15) is 19.4 Å². The fraction of sp³-hybridized carbons (Fsp3) is 0.650. The minimum Gasteiger partial charge on any atom is -0.387 e. The predicted molar refractivity (Wildman–Crippen MR) is 155 cm³/mol. The summed E-state index contributed by atoms with van der Waals surface area (Å²) in [7, 11) is 0. The first kappa shape index (κ1) is 31.6. The molecule has 7 heterocycles. The van der Waals surface area contributed by atoms with Crippen molar-refractivity contribution in [1.82, 2.24) is 35.1 Å². The molecule has 0 aliphatic carbocycles. The lowest BCUT2D eigenvalue weighted by atomic mass is 10.1. The highest BCUT2D eigenvalue weighted by Gasteiger charge is 2.56. The number of hydrogen-bond donors (Lipinski definition) is 7. The number of thiol groups is 1. The van der Waals surface area contributed by atoms with Gasteiger partial charge < -0.3 is 39.9 Å². The summed E-state index contributed by atoms with van der Waals surface area (Å²) in [6.45, 7) is -9.82. The summed E-state index contributed by atoms with van der Waals surface area (Å²) in [6, 6.07) is -0.920. The molecule has 2 bridgehead atoms. The van der Waals surface area contributed by atoms with Crippen LogP contribution >= 0.6 is 25.8 Å². The quantitative estimate of drug-likeness (QED) is 0.129. The van der Waals surface area contributed by atoms with Gasteiger partial charge in [-0.25, -0.2) is 23.9 Å². The largest absolute Gasteiger partial charge is 0.387 e. The zero-order valence-electron chi connectivity index (χ0n) is 22.6. The van der Waals surface area contributed by atoms with Gasteiger partial charge >= 0.3 is 13.5 Å². The van der Waals surface area contributed by atoms with Crippen LogP contribution in [0, 0.1) is 0 Å². The number of rotatable bonds is 2. The van der Waals surface area contributed by atoms with Gasteiger partial charge in [-0.1, -0.05) is 12.2 Å². The summed E-state index contributed by atoms with van der Waals surface area (Å²) >= 11 is 9.24. The number of alkyl halides is 1. The molecule has 0 saturated carbocycles. The van der Waals surface area contributed by atoms with Crippen LogP contribution in [-0.4, -0.2) is 121 Å². The van der Waals surface area contributed by atoms with Gasteiger partial charge in [-0.05, 0) is 11.8 Å². The average molecular weight is 713 g/mol. The van der Waals surface area contributed by atoms with Crippen molar-refractivity contribution < 1.29 is 51.3 Å². The number of aliphatic imine (C=N–C) groups is 1. The molecule has 25 heteroatoms. The third-order valence-electron chi connectivity index (χ3n) is 7.75. The molecule has 4 fully saturated rings. The number of aliphatic hydroxyl groups excluding tert-OH is 1. The van der Waals surface area contributed by atoms with E-state index < -0.39 is 100 Å². The van der Waals surface area contributed by atoms with E-state index in [1.165, 1.54) is 28.5 Å². The molecule has 4 saturated heterocycles. The number of anilines is 1. The number of halogens is 1. The summed E-state index contributed by atoms with van der Waals surface area (Å²) in [5.74, 6) is -0.403. The Labute approximate surface area is 262 Å². The van der Waals surface area contributed by atoms with Gasteiger partial charge in [0.25, 0.3) is 5.91 Å². The van der Waals surface area contributed by atoms with E-state index in [1.807, 2.05) is 0 Å². The highest BCUT2D eigenvalue weighted by Crippen LogP contribution is 2.58. The number of nitrogens with one attached hydrogen (secondary N) is 2. The third kappa shape index (κ3) is 5.78. The summed E-state index contributed by atoms with van der Waals surface area (Å²) in [4.78, 5) is 41.0. The molecule has 0 aromatic carbocycles. The van der Waals surface area contributed by atoms with E-state index in [-0.39, 0.29) is 17.0 Å². The van der Waals surface area contributed by atoms with E-state index in [1.54, 1.807) is 0 Å². The van der Waals surface area contributed by atoms with Crippen LogP contribution in [0.1, 0.15) is 6.23 Å². The summed E-state index contributed by atoms with van der Waals surface area (Å²) in [5.41, 5.74) is 12.1. The highest BCUT2D eigenvalue weighted by molar-refractivity contribution is 8.44. The van der Waals surface area contributed by atoms with Crippen molar-refractivity contribution in [2.75, 3.05) is 18.9 Å². The Morgan fingerprint density at radius 2 is 1.89 bits per heavy atom. The van der Waals surface area contributed by atoms with Crippen molar-refractivity contribution in [3.05, 3.63) is 12.7 Å². The maximum absolute atomic E-state index is 16.0. The van der Waals surface area contributed by atoms with Crippen LogP contribution in [0.25, 0.3) is 11.2 Å². The molecule has 5 aliphatic rings. The van der Waals surface area contributed by atoms with Gasteiger partial charge in [0.1, 0.15) is 54.8 Å². The first-order valence-corrected chi connectivity index (χ1v) is 18.6. The summed E-state index contributed by atoms with van der Waals surface area (Å²) in [6.07, 6.45) is -9.88. The van der Waals surface area contributed by atoms with Gasteiger partial charge in [-0.3, -0.25) is 39.0 Å². The molecule has 2 aromatic rings. The fourth-order valence-electron chi connectivity index (χ4n) is 5.69. The monoisotopic (exact) mass is 712 g/mol. The second-order valence-electron chi connectivity index (χ2n) is 10.6. The van der Waals surface area contributed by atoms with Crippen molar-refractivity contribution >= 4 is 66.8 Å². The standard InChI is InChI=1S/C20H27FN10O10P2S2/c21-8-12-7(39-18(8)30-4-26-9-14(22)24-3-25-15(9)30)2-37-43(35,45)41-13-11(32)6(1-36-42(34,44)40-12)38-19(13)31-5-27-10-16(31)28-20(23)29-17(10)33/h3-8,10-13,16,18-20,28,32H,1-2,23H2,(H,29,33)(H,34,44)(H,35,45)(H2,22,24,25). The van der Waals surface area contributed by atoms with Crippen LogP contribution < -0.4 is 22.1 Å². The Morgan fingerprint density at radius 3 is 2.69 bits per heavy atom. The van der Waals surface area contributed by atoms with Gasteiger partial charge in [0.15, 0.2) is 36.1 Å². The maximum Gasteiger partial charge on any atom is 0.386 e. The minimum absolute atomic E-state index is 0.0557. The fourth-order valence-corrected chi connectivity index (χ4v) is 8.59. The number of nitrogens with zero attached hydrogens (tertiary/aromatic N) is 6. The molecule has 0 spiro atoms. The third-order valence-corrected chi connectivity index (χ3v) is 10.9. The number of aromatic nitrogens is 4. The molecule has 20 nitrogen and oxygen atoms in total. The molecule has 2 aromatic heterocycles. The average Bonchev–Trinajstić information content (AvgIpc) is 3.72. The Bertz CT molecular complexity index is 1630. The van der Waals surface area contributed by atoms with Crippen molar-refractivity contribution in [2.45, 2.75) is 67.6 Å². The zero-order valence-corrected chi connectivity index (χ0v) is 26.1. The molecule has 7 rings (SSSR count). The molecule has 13 unspecified atom stereocenters. The van der Waals surface area contributed by atoms with Crippen molar-refractivity contribution in [2.24, 2.45) is 10.7 Å². The predicted octanol–water partition coefficient (Wildman–Crippen LogP) is -2.20. The van der Waals surface area contributed by atoms with Crippen LogP contribution in [0.3, 0.4) is 0 Å². The molecule has 8 N–H and O–H groups in total. The van der Waals surface area contributed by atoms with E-state index in [2.05, 4.69) is 42.8 Å². The summed E-state index contributed by atoms with van der Waals surface area (Å²) in [5, 5.41) is 16.6. The van der Waals surface area contributed by atoms with Gasteiger partial charge in [0, 0.05) is 0 Å². The number of hydrogen-bond acceptors (Lipinski definition) is 18. The maximum atomic E-state index is 16.0. The SMILES string of the molecule is Nc1ncnc2c1ncn2C1OC2COP(=O)(S)OC3C(O)C(COP(O)(=S)OC2C1F)OC3N1C=NC2C(=O)NC(N)NC21. The smallest absolute Gasteiger partial charge is 0.386 e. The van der Waals surface area contributed by atoms with Crippen LogP contribution in [0.5, 0.6) is 0 Å². The number of nitrogen functional groups attached to an aromatic ring is 1. The second-order valence-corrected chi connectivity index (χ2v) is 16.2. The molecular formula is C20H27FN10O10P2S2. The van der Waals surface area contributed by atoms with Gasteiger partial charge in [-0.15, -0.1) is 0 Å². The minimum atomic E-state index is -4.38. The molecule has 5 aliphatic heterocycles. The Kier molecular flexibility index (Phi) is 8.18. The number of nitrogens with two attached hydrogens (primary N) is 2. The Morgan fingerprint density at radius 1 is 1.13 bits per heavy atom. The van der Waals surface area contributed by atoms with Gasteiger partial charge in [-0.2, -0.15) is 0 Å². The van der Waals surface area contributed by atoms with Gasteiger partial charge in [0.2, 0.25) is 0 Å². The highest BCUT2D eigenvalue weighted by atomic mass is 32.7. The lowest BCUT2D eigenvalue weighted by molar-refractivity contribution is -0.130. The number of fused-ring (bicyclic) bond motifs is 5. The van der Waals surface area contributed by atoms with E-state index in [4.69, 9.17) is 50.8 Å². The van der Waals surface area contributed by atoms with E-state index in [0.717, 1.165) is 0 Å². The van der Waals surface area contributed by atoms with Crippen molar-refractivity contribution in [3.8, 4) is 0 Å². The number of ether oxygens (including phenoxy) is 2. The molecule has 45 heavy (non-hydrogen) atoms. The number of imidazole rings is 1. The zero-order chi connectivity index (χ0) is 31.8. The van der Waals surface area contributed by atoms with Crippen molar-refractivity contribution in [3.63, 3.8) is 0 Å². The van der Waals surface area contributed by atoms with Crippen molar-refractivity contribution in [1.29, 1.82) is 0 Å².